The van der Waals surface area contributed by atoms with Crippen LogP contribution in [-0.4, -0.2) is 73.9 Å². The summed E-state index contributed by atoms with van der Waals surface area (Å²) in [6.45, 7) is 0. The molecule has 0 N–H and O–H groups in total. The Balaban J connectivity index is 0.847. The number of fused-ring (bicyclic) bond motifs is 6. The highest BCUT2D eigenvalue weighted by atomic mass is 15.1. The van der Waals surface area contributed by atoms with Crippen LogP contribution >= 0.6 is 0 Å². The number of hydrogen-bond acceptors (Lipinski definition) is 14. The lowest BCUT2D eigenvalue weighted by Crippen LogP contribution is -2.06. The third-order valence-electron chi connectivity index (χ3n) is 22.4. The molecule has 0 fully saturated rings. The molecule has 0 saturated heterocycles. The number of pyridine rings is 1. The minimum absolute atomic E-state index is 0.409. The summed E-state index contributed by atoms with van der Waals surface area (Å²) in [5, 5.41) is 15.7. The molecule has 0 aliphatic heterocycles. The molecule has 16 nitrogen and oxygen atoms in total. The molecular weight excluding hydrogens is 1520 g/mol. The van der Waals surface area contributed by atoms with Crippen molar-refractivity contribution < 1.29 is 0 Å². The predicted molar refractivity (Wildman–Crippen MR) is 493 cm³/mol. The highest BCUT2D eigenvalue weighted by Gasteiger charge is 2.28. The van der Waals surface area contributed by atoms with Crippen LogP contribution in [0.3, 0.4) is 0 Å². The van der Waals surface area contributed by atoms with Crippen molar-refractivity contribution in [2.45, 2.75) is 0 Å². The van der Waals surface area contributed by atoms with Crippen LogP contribution in [0.4, 0.5) is 0 Å². The van der Waals surface area contributed by atoms with E-state index in [1.807, 2.05) is 285 Å². The van der Waals surface area contributed by atoms with Crippen molar-refractivity contribution in [1.29, 1.82) is 5.26 Å². The van der Waals surface area contributed by atoms with Gasteiger partial charge in [-0.25, -0.2) is 64.8 Å². The summed E-state index contributed by atoms with van der Waals surface area (Å²) in [6, 6.07) is 137. The monoisotopic (exact) mass is 1590 g/mol. The quantitative estimate of drug-likeness (QED) is 0.0833. The van der Waals surface area contributed by atoms with E-state index in [0.717, 1.165) is 144 Å². The Morgan fingerprint density at radius 3 is 0.573 bits per heavy atom. The highest BCUT2D eigenvalue weighted by Crippen LogP contribution is 2.46. The molecule has 0 saturated carbocycles. The average Bonchev–Trinajstić information content (AvgIpc) is 1.55. The van der Waals surface area contributed by atoms with E-state index in [1.54, 1.807) is 0 Å². The molecule has 0 aliphatic rings. The van der Waals surface area contributed by atoms with E-state index in [-0.39, 0.29) is 0 Å². The number of nitriles is 1. The van der Waals surface area contributed by atoms with Gasteiger partial charge >= 0.3 is 0 Å². The lowest BCUT2D eigenvalue weighted by Gasteiger charge is -2.20. The summed E-state index contributed by atoms with van der Waals surface area (Å²) in [4.78, 5) is 68.5. The van der Waals surface area contributed by atoms with Crippen LogP contribution in [0.5, 0.6) is 0 Å². The first-order valence-corrected chi connectivity index (χ1v) is 40.7. The Hall–Kier alpha value is -17.4. The maximum absolute atomic E-state index is 12.3. The lowest BCUT2D eigenvalue weighted by atomic mass is 9.95. The molecule has 0 bridgehead atoms. The lowest BCUT2D eigenvalue weighted by molar-refractivity contribution is 1.07. The molecule has 578 valence electrons. The molecule has 7 aromatic heterocycles. The molecule has 7 heterocycles. The Bertz CT molecular complexity index is 7220. The van der Waals surface area contributed by atoms with Crippen LogP contribution in [0, 0.1) is 11.3 Å². The van der Waals surface area contributed by atoms with Crippen LogP contribution < -0.4 is 0 Å². The van der Waals surface area contributed by atoms with E-state index in [4.69, 9.17) is 64.8 Å². The van der Waals surface area contributed by atoms with E-state index < -0.39 is 0 Å². The molecule has 16 heteroatoms. The standard InChI is InChI=1S/C108H66N16/c109-67-83-65-95(123-91-55-51-78(105-115-97(70-35-15-3-16-36-70)111-98(116-105)71-37-17-4-18-38-71)59-85(91)86-60-79(52-56-92(86)123)106-117-99(72-39-19-5-20-40-72)112-100(118-106)73-41-21-6-22-42-73)96(66-84(83)82-63-89(68-31-11-1-12-32-68)110-90(64-82)69-33-13-2-14-34-69)124-93-57-53-80(107-119-101(74-43-23-7-24-44-74)113-102(120-107)75-45-25-8-26-46-75)61-87(93)88-62-81(54-58-94(88)124)108-121-103(76-47-27-9-28-48-76)114-104(122-108)77-49-29-10-30-50-77/h1-66H. The van der Waals surface area contributed by atoms with Gasteiger partial charge in [-0.05, 0) is 103 Å². The molecule has 0 radical (unpaired) electrons. The fourth-order valence-electron chi connectivity index (χ4n) is 16.3. The van der Waals surface area contributed by atoms with Gasteiger partial charge in [-0.1, -0.05) is 303 Å². The molecule has 22 rings (SSSR count). The van der Waals surface area contributed by atoms with Crippen molar-refractivity contribution in [2.24, 2.45) is 0 Å². The van der Waals surface area contributed by atoms with Crippen molar-refractivity contribution in [3.8, 4) is 188 Å². The molecule has 0 unspecified atom stereocenters. The van der Waals surface area contributed by atoms with Crippen LogP contribution in [-0.2, 0) is 0 Å². The van der Waals surface area contributed by atoms with E-state index in [9.17, 15) is 5.26 Å². The number of benzene rings is 15. The van der Waals surface area contributed by atoms with Gasteiger partial charge < -0.3 is 9.13 Å². The van der Waals surface area contributed by atoms with Crippen molar-refractivity contribution in [2.75, 3.05) is 0 Å². The Labute approximate surface area is 712 Å². The minimum atomic E-state index is 0.409. The molecule has 0 aliphatic carbocycles. The van der Waals surface area contributed by atoms with E-state index >= 15 is 0 Å². The Morgan fingerprint density at radius 1 is 0.169 bits per heavy atom. The van der Waals surface area contributed by atoms with Gasteiger partial charge in [0.2, 0.25) is 0 Å². The van der Waals surface area contributed by atoms with Crippen LogP contribution in [0.15, 0.2) is 400 Å². The van der Waals surface area contributed by atoms with Crippen molar-refractivity contribution in [1.82, 2.24) is 73.9 Å². The summed E-state index contributed by atoms with van der Waals surface area (Å²) >= 11 is 0. The largest absolute Gasteiger partial charge is 0.307 e. The molecule has 124 heavy (non-hydrogen) atoms. The van der Waals surface area contributed by atoms with Gasteiger partial charge in [0.1, 0.15) is 0 Å². The second-order valence-electron chi connectivity index (χ2n) is 30.1. The summed E-state index contributed by atoms with van der Waals surface area (Å²) in [7, 11) is 0. The summed E-state index contributed by atoms with van der Waals surface area (Å²) in [5.74, 6) is 6.11. The van der Waals surface area contributed by atoms with Crippen LogP contribution in [0.25, 0.3) is 225 Å². The van der Waals surface area contributed by atoms with Crippen molar-refractivity contribution in [3.05, 3.63) is 406 Å². The van der Waals surface area contributed by atoms with Gasteiger partial charge in [0.25, 0.3) is 0 Å². The van der Waals surface area contributed by atoms with Crippen molar-refractivity contribution in [3.63, 3.8) is 0 Å². The number of aromatic nitrogens is 15. The van der Waals surface area contributed by atoms with E-state index in [1.165, 1.54) is 0 Å². The number of rotatable bonds is 17. The smallest absolute Gasteiger partial charge is 0.164 e. The summed E-state index contributed by atoms with van der Waals surface area (Å²) < 4.78 is 4.61. The van der Waals surface area contributed by atoms with Crippen LogP contribution in [0.1, 0.15) is 5.56 Å². The number of hydrogen-bond donors (Lipinski definition) is 0. The van der Waals surface area contributed by atoms with Gasteiger partial charge in [-0.3, -0.25) is 0 Å². The first kappa shape index (κ1) is 73.0. The molecule has 0 spiro atoms. The first-order valence-electron chi connectivity index (χ1n) is 40.7. The predicted octanol–water partition coefficient (Wildman–Crippen LogP) is 24.9. The van der Waals surface area contributed by atoms with Gasteiger partial charge in [0.05, 0.1) is 56.5 Å². The zero-order chi connectivity index (χ0) is 82.4. The van der Waals surface area contributed by atoms with E-state index in [2.05, 4.69) is 130 Å². The normalized spacial score (nSPS) is 11.4. The summed E-state index contributed by atoms with van der Waals surface area (Å²) in [5.41, 5.74) is 19.5. The third-order valence-corrected chi connectivity index (χ3v) is 22.4. The van der Waals surface area contributed by atoms with Crippen LogP contribution in [0.2, 0.25) is 0 Å². The van der Waals surface area contributed by atoms with Gasteiger partial charge in [0, 0.05) is 105 Å². The van der Waals surface area contributed by atoms with Gasteiger partial charge in [-0.15, -0.1) is 0 Å². The SMILES string of the molecule is N#Cc1cc(-n2c3ccc(-c4nc(-c5ccccc5)nc(-c5ccccc5)n4)cc3c3cc(-c4nc(-c5ccccc5)nc(-c5ccccc5)n4)ccc32)c(-n2c3ccc(-c4nc(-c5ccccc5)nc(-c5ccccc5)n4)cc3c3cc(-c4nc(-c5ccccc5)nc(-c5ccccc5)n4)ccc32)cc1-c1cc(-c2ccccc2)nc(-c2ccccc2)c1. The molecule has 0 atom stereocenters. The maximum Gasteiger partial charge on any atom is 0.164 e. The second kappa shape index (κ2) is 31.5. The Morgan fingerprint density at radius 2 is 0.363 bits per heavy atom. The molecular formula is C108H66N16. The fraction of sp³-hybridized carbons (Fsp3) is 0. The zero-order valence-electron chi connectivity index (χ0n) is 66.3. The van der Waals surface area contributed by atoms with Gasteiger partial charge in [-0.2, -0.15) is 5.26 Å². The highest BCUT2D eigenvalue weighted by molar-refractivity contribution is 6.14. The molecule has 22 aromatic rings. The zero-order valence-corrected chi connectivity index (χ0v) is 66.3. The maximum atomic E-state index is 12.3. The van der Waals surface area contributed by atoms with Crippen molar-refractivity contribution >= 4 is 43.6 Å². The third kappa shape index (κ3) is 13.9. The first-order chi connectivity index (χ1) is 61.4. The topological polar surface area (TPSA) is 201 Å². The van der Waals surface area contributed by atoms with E-state index in [0.29, 0.717) is 86.7 Å². The minimum Gasteiger partial charge on any atom is -0.307 e. The number of nitrogens with zero attached hydrogens (tertiary/aromatic N) is 16. The molecule has 15 aromatic carbocycles. The Kier molecular flexibility index (Phi) is 18.5. The second-order valence-corrected chi connectivity index (χ2v) is 30.1. The fourth-order valence-corrected chi connectivity index (χ4v) is 16.3. The molecule has 0 amide bonds. The summed E-state index contributed by atoms with van der Waals surface area (Å²) in [6.07, 6.45) is 0. The van der Waals surface area contributed by atoms with Gasteiger partial charge in [0.15, 0.2) is 69.9 Å². The average molecular weight is 1590 g/mol.